The number of nitrogens with zero attached hydrogens (tertiary/aromatic N) is 2. The van der Waals surface area contributed by atoms with Gasteiger partial charge in [-0.15, -0.1) is 22.7 Å². The van der Waals surface area contributed by atoms with Gasteiger partial charge in [-0.2, -0.15) is 0 Å². The smallest absolute Gasteiger partial charge is 0.304 e. The van der Waals surface area contributed by atoms with Crippen LogP contribution in [0, 0.1) is 11.8 Å². The zero-order valence-electron chi connectivity index (χ0n) is 28.9. The second kappa shape index (κ2) is 20.0. The number of thiazole rings is 2. The van der Waals surface area contributed by atoms with Gasteiger partial charge in [0.1, 0.15) is 0 Å². The Morgan fingerprint density at radius 1 is 0.593 bits per heavy atom. The van der Waals surface area contributed by atoms with Gasteiger partial charge >= 0.3 is 11.9 Å². The standard InChI is InChI=1S/C21H20N2O3S.C20H17ClN2O3S/c24-19(25)13-17(11-15-7-3-1-4-8-15)20(26)23-21-22-18(14-27-21)12-16-9-5-2-6-10-16;21-16-9-5-4-8-15(16)17-12-27-20(22-17)23-19(26)14(11-18(24)25)10-13-6-2-1-3-7-13/h1-10,14,17H,11-13H2,(H,24,25)(H,22,23,26);1-9,12,14H,10-11H2,(H,24,25)(H,22,23,26)/t17-;14-/m10/s1. The highest BCUT2D eigenvalue weighted by Gasteiger charge is 2.24. The number of hydrogen-bond acceptors (Lipinski definition) is 8. The van der Waals surface area contributed by atoms with E-state index in [1.54, 1.807) is 11.4 Å². The van der Waals surface area contributed by atoms with Gasteiger partial charge in [0.25, 0.3) is 0 Å². The summed E-state index contributed by atoms with van der Waals surface area (Å²) >= 11 is 8.81. The zero-order chi connectivity index (χ0) is 38.3. The van der Waals surface area contributed by atoms with E-state index in [1.165, 1.54) is 22.7 Å². The maximum atomic E-state index is 12.6. The lowest BCUT2D eigenvalue weighted by molar-refractivity contribution is -0.140. The Labute approximate surface area is 325 Å². The minimum Gasteiger partial charge on any atom is -0.481 e. The average molecular weight is 781 g/mol. The van der Waals surface area contributed by atoms with Gasteiger partial charge in [0.05, 0.1) is 36.1 Å². The second-order valence-electron chi connectivity index (χ2n) is 12.3. The molecule has 6 aromatic rings. The molecular weight excluding hydrogens is 744 g/mol. The van der Waals surface area contributed by atoms with Crippen molar-refractivity contribution in [1.82, 2.24) is 9.97 Å². The zero-order valence-corrected chi connectivity index (χ0v) is 31.3. The number of halogens is 1. The number of carbonyl (C=O) groups is 4. The molecule has 4 aromatic carbocycles. The molecule has 4 N–H and O–H groups in total. The van der Waals surface area contributed by atoms with E-state index >= 15 is 0 Å². The fourth-order valence-corrected chi connectivity index (χ4v) is 7.18. The first-order chi connectivity index (χ1) is 26.1. The van der Waals surface area contributed by atoms with Gasteiger partial charge in [0.15, 0.2) is 10.3 Å². The molecule has 0 aliphatic rings. The van der Waals surface area contributed by atoms with Crippen molar-refractivity contribution in [2.24, 2.45) is 11.8 Å². The summed E-state index contributed by atoms with van der Waals surface area (Å²) < 4.78 is 0. The highest BCUT2D eigenvalue weighted by atomic mass is 35.5. The molecule has 0 saturated heterocycles. The molecule has 276 valence electrons. The molecule has 0 saturated carbocycles. The van der Waals surface area contributed by atoms with Crippen LogP contribution in [0.2, 0.25) is 5.02 Å². The van der Waals surface area contributed by atoms with E-state index in [0.29, 0.717) is 40.2 Å². The normalized spacial score (nSPS) is 11.7. The number of anilines is 2. The van der Waals surface area contributed by atoms with Gasteiger partial charge in [-0.25, -0.2) is 9.97 Å². The van der Waals surface area contributed by atoms with E-state index in [1.807, 2.05) is 115 Å². The van der Waals surface area contributed by atoms with E-state index in [4.69, 9.17) is 21.8 Å². The first-order valence-corrected chi connectivity index (χ1v) is 19.1. The number of rotatable bonds is 15. The lowest BCUT2D eigenvalue weighted by atomic mass is 9.95. The topological polar surface area (TPSA) is 159 Å². The third-order valence-electron chi connectivity index (χ3n) is 8.13. The summed E-state index contributed by atoms with van der Waals surface area (Å²) in [4.78, 5) is 56.4. The highest BCUT2D eigenvalue weighted by molar-refractivity contribution is 7.14. The average Bonchev–Trinajstić information content (AvgIpc) is 3.81. The lowest BCUT2D eigenvalue weighted by Crippen LogP contribution is -2.27. The van der Waals surface area contributed by atoms with Crippen LogP contribution in [0.3, 0.4) is 0 Å². The van der Waals surface area contributed by atoms with Crippen molar-refractivity contribution in [3.05, 3.63) is 153 Å². The van der Waals surface area contributed by atoms with Crippen LogP contribution in [0.15, 0.2) is 126 Å². The van der Waals surface area contributed by atoms with Crippen LogP contribution in [-0.2, 0) is 38.4 Å². The number of carboxylic acids is 2. The molecule has 0 aliphatic heterocycles. The lowest BCUT2D eigenvalue weighted by Gasteiger charge is -2.14. The summed E-state index contributed by atoms with van der Waals surface area (Å²) in [5.41, 5.74) is 5.31. The molecule has 2 aromatic heterocycles. The third kappa shape index (κ3) is 12.5. The van der Waals surface area contributed by atoms with Crippen molar-refractivity contribution < 1.29 is 29.4 Å². The Kier molecular flexibility index (Phi) is 14.6. The molecular formula is C41H37ClN4O6S2. The van der Waals surface area contributed by atoms with Gasteiger partial charge in [-0.3, -0.25) is 19.2 Å². The van der Waals surface area contributed by atoms with E-state index in [0.717, 1.165) is 27.9 Å². The molecule has 2 atom stereocenters. The first-order valence-electron chi connectivity index (χ1n) is 16.9. The van der Waals surface area contributed by atoms with Gasteiger partial charge in [0.2, 0.25) is 11.8 Å². The Bertz CT molecular complexity index is 2140. The number of carbonyl (C=O) groups excluding carboxylic acids is 2. The molecule has 54 heavy (non-hydrogen) atoms. The molecule has 0 unspecified atom stereocenters. The van der Waals surface area contributed by atoms with Crippen LogP contribution < -0.4 is 10.6 Å². The molecule has 2 amide bonds. The van der Waals surface area contributed by atoms with E-state index in [9.17, 15) is 19.2 Å². The van der Waals surface area contributed by atoms with E-state index in [2.05, 4.69) is 20.6 Å². The third-order valence-corrected chi connectivity index (χ3v) is 10.0. The van der Waals surface area contributed by atoms with E-state index in [-0.39, 0.29) is 24.7 Å². The molecule has 0 radical (unpaired) electrons. The molecule has 13 heteroatoms. The second-order valence-corrected chi connectivity index (χ2v) is 14.4. The predicted molar refractivity (Wildman–Crippen MR) is 213 cm³/mol. The van der Waals surface area contributed by atoms with Crippen LogP contribution in [0.1, 0.15) is 35.2 Å². The summed E-state index contributed by atoms with van der Waals surface area (Å²) in [6.07, 6.45) is 0.950. The van der Waals surface area contributed by atoms with Crippen LogP contribution in [0.5, 0.6) is 0 Å². The Hall–Kier alpha value is -5.69. The molecule has 0 spiro atoms. The molecule has 0 aliphatic carbocycles. The van der Waals surface area contributed by atoms with Crippen molar-refractivity contribution in [1.29, 1.82) is 0 Å². The summed E-state index contributed by atoms with van der Waals surface area (Å²) in [5, 5.41) is 29.0. The fourth-order valence-electron chi connectivity index (χ4n) is 5.52. The summed E-state index contributed by atoms with van der Waals surface area (Å²) in [6.45, 7) is 0. The van der Waals surface area contributed by atoms with Crippen LogP contribution >= 0.6 is 34.3 Å². The number of amides is 2. The van der Waals surface area contributed by atoms with Gasteiger partial charge in [-0.05, 0) is 35.6 Å². The maximum Gasteiger partial charge on any atom is 0.304 e. The Morgan fingerprint density at radius 2 is 1.04 bits per heavy atom. The van der Waals surface area contributed by atoms with Crippen molar-refractivity contribution >= 4 is 68.3 Å². The summed E-state index contributed by atoms with van der Waals surface area (Å²) in [7, 11) is 0. The number of aliphatic carboxylic acids is 2. The van der Waals surface area contributed by atoms with Crippen molar-refractivity contribution in [3.63, 3.8) is 0 Å². The minimum absolute atomic E-state index is 0.219. The number of carboxylic acid groups (broad SMARTS) is 2. The monoisotopic (exact) mass is 780 g/mol. The van der Waals surface area contributed by atoms with Crippen molar-refractivity contribution in [2.45, 2.75) is 32.1 Å². The van der Waals surface area contributed by atoms with Gasteiger partial charge < -0.3 is 20.8 Å². The quantitative estimate of drug-likeness (QED) is 0.0806. The summed E-state index contributed by atoms with van der Waals surface area (Å²) in [6, 6.07) is 36.1. The van der Waals surface area contributed by atoms with Crippen molar-refractivity contribution in [2.75, 3.05) is 10.6 Å². The highest BCUT2D eigenvalue weighted by Crippen LogP contribution is 2.31. The number of nitrogens with one attached hydrogen (secondary N) is 2. The number of aromatic nitrogens is 2. The predicted octanol–water partition coefficient (Wildman–Crippen LogP) is 8.74. The van der Waals surface area contributed by atoms with Crippen molar-refractivity contribution in [3.8, 4) is 11.3 Å². The molecule has 0 bridgehead atoms. The van der Waals surface area contributed by atoms with Gasteiger partial charge in [-0.1, -0.05) is 121 Å². The fraction of sp³-hybridized carbons (Fsp3) is 0.171. The molecule has 0 fully saturated rings. The van der Waals surface area contributed by atoms with Crippen LogP contribution in [-0.4, -0.2) is 43.9 Å². The molecule has 6 rings (SSSR count). The number of benzene rings is 4. The first kappa shape index (κ1) is 39.5. The minimum atomic E-state index is -1.01. The van der Waals surface area contributed by atoms with Gasteiger partial charge in [0, 0.05) is 27.8 Å². The maximum absolute atomic E-state index is 12.6. The van der Waals surface area contributed by atoms with Crippen LogP contribution in [0.25, 0.3) is 11.3 Å². The largest absolute Gasteiger partial charge is 0.481 e. The molecule has 2 heterocycles. The molecule has 10 nitrogen and oxygen atoms in total. The Balaban J connectivity index is 0.000000208. The Morgan fingerprint density at radius 3 is 1.54 bits per heavy atom. The SMILES string of the molecule is O=C(O)C[C@@H](Cc1ccccc1)C(=O)Nc1nc(Cc2ccccc2)cs1.O=C(O)C[C@H](Cc1ccccc1)C(=O)Nc1nc(-c2ccccc2Cl)cs1. The van der Waals surface area contributed by atoms with E-state index < -0.39 is 23.8 Å². The number of hydrogen-bond donors (Lipinski definition) is 4. The summed E-state index contributed by atoms with van der Waals surface area (Å²) in [5.74, 6) is -4.01. The van der Waals surface area contributed by atoms with Crippen LogP contribution in [0.4, 0.5) is 10.3 Å².